The summed E-state index contributed by atoms with van der Waals surface area (Å²) in [6.45, 7) is 3.83. The van der Waals surface area contributed by atoms with E-state index < -0.39 is 30.7 Å². The van der Waals surface area contributed by atoms with E-state index in [4.69, 9.17) is 28.4 Å². The van der Waals surface area contributed by atoms with Crippen LogP contribution in [-0.4, -0.2) is 43.3 Å². The predicted molar refractivity (Wildman–Crippen MR) is 235 cm³/mol. The monoisotopic (exact) mass is 807 g/mol. The Balaban J connectivity index is 1.22. The lowest BCUT2D eigenvalue weighted by atomic mass is 9.97. The van der Waals surface area contributed by atoms with E-state index in [9.17, 15) is 4.79 Å². The molecule has 1 saturated heterocycles. The molecule has 0 unspecified atom stereocenters. The molecule has 7 heteroatoms. The number of hydrogen-bond donors (Lipinski definition) is 0. The molecule has 0 N–H and O–H groups in total. The van der Waals surface area contributed by atoms with Crippen LogP contribution < -0.4 is 0 Å². The first-order valence-corrected chi connectivity index (χ1v) is 22.6. The van der Waals surface area contributed by atoms with Crippen LogP contribution in [0.25, 0.3) is 0 Å². The van der Waals surface area contributed by atoms with Crippen LogP contribution in [0, 0.1) is 0 Å². The zero-order valence-electron chi connectivity index (χ0n) is 35.6. The van der Waals surface area contributed by atoms with Gasteiger partial charge in [-0.1, -0.05) is 218 Å². The smallest absolute Gasteiger partial charge is 0.308 e. The average Bonchev–Trinajstić information content (AvgIpc) is 3.27. The van der Waals surface area contributed by atoms with E-state index >= 15 is 0 Å². The van der Waals surface area contributed by atoms with Gasteiger partial charge in [-0.3, -0.25) is 4.79 Å². The molecule has 1 aliphatic rings. The predicted octanol–water partition coefficient (Wildman–Crippen LogP) is 12.5. The van der Waals surface area contributed by atoms with Gasteiger partial charge in [-0.05, 0) is 28.7 Å². The van der Waals surface area contributed by atoms with Crippen molar-refractivity contribution in [2.45, 2.75) is 167 Å². The van der Waals surface area contributed by atoms with Gasteiger partial charge in [0.15, 0.2) is 0 Å². The maximum Gasteiger partial charge on any atom is 0.308 e. The molecule has 0 spiro atoms. The summed E-state index contributed by atoms with van der Waals surface area (Å²) in [5.74, 6) is -0.299. The number of ether oxygens (including phenoxy) is 6. The number of esters is 1. The van der Waals surface area contributed by atoms with E-state index in [1.807, 2.05) is 121 Å². The largest absolute Gasteiger partial charge is 0.433 e. The minimum Gasteiger partial charge on any atom is -0.433 e. The van der Waals surface area contributed by atoms with Gasteiger partial charge in [-0.2, -0.15) is 0 Å². The van der Waals surface area contributed by atoms with Crippen molar-refractivity contribution in [2.75, 3.05) is 6.61 Å². The minimum absolute atomic E-state index is 0.206. The first-order chi connectivity index (χ1) is 29.2. The van der Waals surface area contributed by atoms with Crippen molar-refractivity contribution >= 4 is 5.97 Å². The summed E-state index contributed by atoms with van der Waals surface area (Å²) in [6.07, 6.45) is 15.7. The summed E-state index contributed by atoms with van der Waals surface area (Å²) >= 11 is 0. The van der Waals surface area contributed by atoms with Gasteiger partial charge in [0.2, 0.25) is 6.29 Å². The summed E-state index contributed by atoms with van der Waals surface area (Å²) < 4.78 is 39.4. The quantitative estimate of drug-likeness (QED) is 0.0384. The summed E-state index contributed by atoms with van der Waals surface area (Å²) in [6, 6.07) is 40.2. The van der Waals surface area contributed by atoms with Gasteiger partial charge in [0, 0.05) is 6.42 Å². The van der Waals surface area contributed by atoms with Gasteiger partial charge in [0.05, 0.1) is 33.0 Å². The molecule has 4 aromatic carbocycles. The molecule has 0 radical (unpaired) electrons. The van der Waals surface area contributed by atoms with Crippen LogP contribution in [0.4, 0.5) is 0 Å². The molecule has 0 aliphatic carbocycles. The van der Waals surface area contributed by atoms with E-state index in [2.05, 4.69) is 6.92 Å². The van der Waals surface area contributed by atoms with Gasteiger partial charge < -0.3 is 28.4 Å². The number of carbonyl (C=O) groups is 1. The third kappa shape index (κ3) is 18.1. The van der Waals surface area contributed by atoms with Gasteiger partial charge in [-0.15, -0.1) is 0 Å². The third-order valence-electron chi connectivity index (χ3n) is 11.1. The van der Waals surface area contributed by atoms with Crippen LogP contribution in [0.3, 0.4) is 0 Å². The highest BCUT2D eigenvalue weighted by Gasteiger charge is 2.50. The molecule has 59 heavy (non-hydrogen) atoms. The molecular weight excluding hydrogens is 737 g/mol. The van der Waals surface area contributed by atoms with Crippen LogP contribution in [0.1, 0.15) is 132 Å². The molecule has 1 heterocycles. The number of hydrogen-bond acceptors (Lipinski definition) is 7. The molecule has 4 aromatic rings. The number of unbranched alkanes of at least 4 members (excludes halogenated alkanes) is 14. The first kappa shape index (κ1) is 46.2. The molecule has 5 atom stereocenters. The third-order valence-corrected chi connectivity index (χ3v) is 11.1. The minimum atomic E-state index is -1.02. The van der Waals surface area contributed by atoms with E-state index in [1.165, 1.54) is 77.0 Å². The standard InChI is InChI=1S/C52H70O7/c1-2-3-4-5-6-7-8-9-10-11-12-13-14-15-28-37-48(53)59-52-51(57-41-46-35-26-19-27-36-46)50(56-40-45-33-24-18-25-34-45)49(55-39-44-31-22-17-23-32-44)47(58-52)42-54-38-43-29-20-16-21-30-43/h16-27,29-36,47,49-52H,2-15,28,37-42H2,1H3/t47-,49-,50+,51-,52+/m1/s1. The lowest BCUT2D eigenvalue weighted by molar-refractivity contribution is -0.320. The Bertz CT molecular complexity index is 1620. The van der Waals surface area contributed by atoms with Crippen molar-refractivity contribution in [3.63, 3.8) is 0 Å². The first-order valence-electron chi connectivity index (χ1n) is 22.6. The highest BCUT2D eigenvalue weighted by Crippen LogP contribution is 2.32. The number of rotatable bonds is 30. The summed E-state index contributed by atoms with van der Waals surface area (Å²) in [5.41, 5.74) is 4.09. The lowest BCUT2D eigenvalue weighted by Gasteiger charge is -2.45. The Kier molecular flexibility index (Phi) is 22.4. The summed E-state index contributed by atoms with van der Waals surface area (Å²) in [7, 11) is 0. The Morgan fingerprint density at radius 2 is 0.831 bits per heavy atom. The fourth-order valence-electron chi connectivity index (χ4n) is 7.67. The van der Waals surface area contributed by atoms with Gasteiger partial charge in [-0.25, -0.2) is 0 Å². The molecule has 0 amide bonds. The average molecular weight is 807 g/mol. The molecule has 7 nitrogen and oxygen atoms in total. The maximum atomic E-state index is 13.6. The van der Waals surface area contributed by atoms with E-state index in [0.29, 0.717) is 26.2 Å². The van der Waals surface area contributed by atoms with Crippen molar-refractivity contribution in [3.8, 4) is 0 Å². The van der Waals surface area contributed by atoms with E-state index in [0.717, 1.165) is 41.5 Å². The summed E-state index contributed by atoms with van der Waals surface area (Å²) in [5, 5.41) is 0. The fourth-order valence-corrected chi connectivity index (χ4v) is 7.67. The molecule has 0 bridgehead atoms. The number of carbonyl (C=O) groups excluding carboxylic acids is 1. The van der Waals surface area contributed by atoms with Crippen LogP contribution in [0.2, 0.25) is 0 Å². The number of benzene rings is 4. The van der Waals surface area contributed by atoms with Crippen molar-refractivity contribution in [1.82, 2.24) is 0 Å². The molecule has 1 fully saturated rings. The zero-order valence-corrected chi connectivity index (χ0v) is 35.6. The zero-order chi connectivity index (χ0) is 41.0. The van der Waals surface area contributed by atoms with E-state index in [1.54, 1.807) is 0 Å². The molecule has 320 valence electrons. The second-order valence-corrected chi connectivity index (χ2v) is 16.0. The van der Waals surface area contributed by atoms with Crippen molar-refractivity contribution in [2.24, 2.45) is 0 Å². The van der Waals surface area contributed by atoms with Crippen LogP contribution >= 0.6 is 0 Å². The maximum absolute atomic E-state index is 13.6. The second kappa shape index (κ2) is 28.6. The molecule has 0 aromatic heterocycles. The Morgan fingerprint density at radius 1 is 0.458 bits per heavy atom. The lowest BCUT2D eigenvalue weighted by Crippen LogP contribution is -2.62. The van der Waals surface area contributed by atoms with E-state index in [-0.39, 0.29) is 19.2 Å². The summed E-state index contributed by atoms with van der Waals surface area (Å²) in [4.78, 5) is 13.6. The normalized spacial score (nSPS) is 19.1. The molecule has 5 rings (SSSR count). The SMILES string of the molecule is CCCCCCCCCCCCCCCCCC(=O)O[C@@H]1O[C@H](COCc2ccccc2)[C@@H](OCc2ccccc2)[C@H](OCc2ccccc2)[C@H]1OCc1ccccc1. The highest BCUT2D eigenvalue weighted by atomic mass is 16.7. The second-order valence-electron chi connectivity index (χ2n) is 16.0. The molecule has 0 saturated carbocycles. The molecule has 1 aliphatic heterocycles. The van der Waals surface area contributed by atoms with Crippen molar-refractivity contribution in [1.29, 1.82) is 0 Å². The Morgan fingerprint density at radius 3 is 1.27 bits per heavy atom. The highest BCUT2D eigenvalue weighted by molar-refractivity contribution is 5.69. The molecular formula is C52H70O7. The van der Waals surface area contributed by atoms with Gasteiger partial charge >= 0.3 is 5.97 Å². The van der Waals surface area contributed by atoms with Crippen molar-refractivity contribution < 1.29 is 33.2 Å². The topological polar surface area (TPSA) is 72.5 Å². The van der Waals surface area contributed by atoms with Crippen LogP contribution in [0.15, 0.2) is 121 Å². The van der Waals surface area contributed by atoms with Gasteiger partial charge in [0.25, 0.3) is 0 Å². The fraction of sp³-hybridized carbons (Fsp3) is 0.519. The Labute approximate surface area is 355 Å². The van der Waals surface area contributed by atoms with Crippen molar-refractivity contribution in [3.05, 3.63) is 144 Å². The van der Waals surface area contributed by atoms with Crippen LogP contribution in [-0.2, 0) is 59.6 Å². The van der Waals surface area contributed by atoms with Crippen LogP contribution in [0.5, 0.6) is 0 Å². The van der Waals surface area contributed by atoms with Gasteiger partial charge in [0.1, 0.15) is 24.4 Å². The Hall–Kier alpha value is -3.85.